The predicted molar refractivity (Wildman–Crippen MR) is 187 cm³/mol. The quantitative estimate of drug-likeness (QED) is 0.0500. The second kappa shape index (κ2) is 14.1. The monoisotopic (exact) mass is 678 g/mol. The number of aromatic hydroxyl groups is 8. The van der Waals surface area contributed by atoms with Crippen molar-refractivity contribution >= 4 is 17.6 Å². The molecule has 8 N–H and O–H groups in total. The molecule has 4 aromatic rings. The lowest BCUT2D eigenvalue weighted by Crippen LogP contribution is -2.32. The van der Waals surface area contributed by atoms with E-state index < -0.39 is 46.6 Å². The summed E-state index contributed by atoms with van der Waals surface area (Å²) < 4.78 is 0. The minimum Gasteiger partial charge on any atom is -0.508 e. The summed E-state index contributed by atoms with van der Waals surface area (Å²) in [6.07, 6.45) is 6.28. The fourth-order valence-corrected chi connectivity index (χ4v) is 6.53. The highest BCUT2D eigenvalue weighted by Gasteiger charge is 2.43. The second-order valence-corrected chi connectivity index (χ2v) is 12.8. The molecule has 0 saturated heterocycles. The molecule has 1 aliphatic carbocycles. The number of benzene rings is 4. The van der Waals surface area contributed by atoms with Gasteiger partial charge in [0.1, 0.15) is 46.0 Å². The lowest BCUT2D eigenvalue weighted by molar-refractivity contribution is 0.0876. The zero-order valence-corrected chi connectivity index (χ0v) is 27.6. The van der Waals surface area contributed by atoms with E-state index in [1.165, 1.54) is 54.6 Å². The molecular weight excluding hydrogens is 640 g/mol. The Morgan fingerprint density at radius 1 is 0.740 bits per heavy atom. The van der Waals surface area contributed by atoms with E-state index in [-0.39, 0.29) is 69.4 Å². The Balaban J connectivity index is 1.67. The summed E-state index contributed by atoms with van der Waals surface area (Å²) >= 11 is 0. The Morgan fingerprint density at radius 2 is 1.40 bits per heavy atom. The zero-order valence-electron chi connectivity index (χ0n) is 27.6. The molecule has 0 heterocycles. The zero-order chi connectivity index (χ0) is 36.4. The first-order valence-electron chi connectivity index (χ1n) is 15.9. The normalized spacial score (nSPS) is 17.3. The summed E-state index contributed by atoms with van der Waals surface area (Å²) in [6, 6.07) is 12.8. The average Bonchev–Trinajstić information content (AvgIpc) is 3.03. The number of Topliss-reactive ketones (excluding diaryl/α,β-unsaturated/α-hetero) is 1. The summed E-state index contributed by atoms with van der Waals surface area (Å²) in [6.45, 7) is 5.49. The fraction of sp³-hybridized carbons (Fsp3) is 0.200. The van der Waals surface area contributed by atoms with Crippen molar-refractivity contribution in [1.82, 2.24) is 0 Å². The molecule has 0 amide bonds. The third-order valence-corrected chi connectivity index (χ3v) is 8.94. The van der Waals surface area contributed by atoms with Crippen LogP contribution < -0.4 is 0 Å². The van der Waals surface area contributed by atoms with Crippen LogP contribution in [0.4, 0.5) is 0 Å². The van der Waals surface area contributed by atoms with Gasteiger partial charge in [0.15, 0.2) is 11.6 Å². The van der Waals surface area contributed by atoms with Crippen molar-refractivity contribution < 1.29 is 50.4 Å². The molecule has 0 fully saturated rings. The molecule has 1 aliphatic rings. The SMILES string of the molecule is CC(C)=CCc1c(O)ccc(C(=O)[C@@H]2[C@H](c3c(O)ccc(C(=O)/C=C/c4ccc(O)cc4O)c3O)C=C(C)C[C@H]2c2cc(O)cc(O)c2)c1O. The first-order valence-corrected chi connectivity index (χ1v) is 15.9. The van der Waals surface area contributed by atoms with Gasteiger partial charge in [-0.1, -0.05) is 23.3 Å². The molecule has 4 aromatic carbocycles. The number of carbonyl (C=O) groups is 2. The van der Waals surface area contributed by atoms with Crippen LogP contribution in [0.25, 0.3) is 6.08 Å². The predicted octanol–water partition coefficient (Wildman–Crippen LogP) is 7.45. The minimum atomic E-state index is -1.17. The molecule has 3 atom stereocenters. The summed E-state index contributed by atoms with van der Waals surface area (Å²) in [7, 11) is 0. The average molecular weight is 679 g/mol. The Bertz CT molecular complexity index is 2060. The third kappa shape index (κ3) is 7.14. The van der Waals surface area contributed by atoms with Gasteiger partial charge in [-0.05, 0) is 106 Å². The number of ketones is 2. The van der Waals surface area contributed by atoms with Gasteiger partial charge < -0.3 is 40.9 Å². The number of carbonyl (C=O) groups excluding carboxylic acids is 2. The molecule has 5 rings (SSSR count). The molecular formula is C40H38O10. The topological polar surface area (TPSA) is 196 Å². The van der Waals surface area contributed by atoms with Crippen LogP contribution >= 0.6 is 0 Å². The number of allylic oxidation sites excluding steroid dienone is 5. The van der Waals surface area contributed by atoms with E-state index in [9.17, 15) is 50.4 Å². The van der Waals surface area contributed by atoms with Gasteiger partial charge in [-0.15, -0.1) is 0 Å². The van der Waals surface area contributed by atoms with Crippen LogP contribution in [0.2, 0.25) is 0 Å². The van der Waals surface area contributed by atoms with Gasteiger partial charge in [0.25, 0.3) is 0 Å². The first-order chi connectivity index (χ1) is 23.7. The van der Waals surface area contributed by atoms with Crippen molar-refractivity contribution in [3.63, 3.8) is 0 Å². The van der Waals surface area contributed by atoms with Gasteiger partial charge in [0.2, 0.25) is 0 Å². The summed E-state index contributed by atoms with van der Waals surface area (Å²) in [5.41, 5.74) is 1.93. The van der Waals surface area contributed by atoms with Crippen LogP contribution in [0.15, 0.2) is 90.0 Å². The molecule has 10 heteroatoms. The molecule has 0 unspecified atom stereocenters. The lowest BCUT2D eigenvalue weighted by Gasteiger charge is -2.37. The largest absolute Gasteiger partial charge is 0.508 e. The third-order valence-electron chi connectivity index (χ3n) is 8.94. The van der Waals surface area contributed by atoms with Crippen LogP contribution in [0.3, 0.4) is 0 Å². The van der Waals surface area contributed by atoms with Crippen LogP contribution in [-0.2, 0) is 6.42 Å². The van der Waals surface area contributed by atoms with Gasteiger partial charge in [0, 0.05) is 40.7 Å². The number of hydrogen-bond acceptors (Lipinski definition) is 10. The maximum atomic E-state index is 14.7. The van der Waals surface area contributed by atoms with E-state index >= 15 is 0 Å². The van der Waals surface area contributed by atoms with Crippen molar-refractivity contribution in [3.05, 3.63) is 123 Å². The van der Waals surface area contributed by atoms with Gasteiger partial charge in [-0.2, -0.15) is 0 Å². The number of phenolic OH excluding ortho intramolecular Hbond substituents is 8. The molecule has 258 valence electrons. The molecule has 0 spiro atoms. The lowest BCUT2D eigenvalue weighted by atomic mass is 9.65. The summed E-state index contributed by atoms with van der Waals surface area (Å²) in [4.78, 5) is 28.1. The maximum Gasteiger partial charge on any atom is 0.189 e. The smallest absolute Gasteiger partial charge is 0.189 e. The highest BCUT2D eigenvalue weighted by molar-refractivity contribution is 6.09. The number of phenols is 8. The molecule has 10 nitrogen and oxygen atoms in total. The van der Waals surface area contributed by atoms with Gasteiger partial charge >= 0.3 is 0 Å². The fourth-order valence-electron chi connectivity index (χ4n) is 6.53. The molecule has 0 aliphatic heterocycles. The highest BCUT2D eigenvalue weighted by Crippen LogP contribution is 2.52. The summed E-state index contributed by atoms with van der Waals surface area (Å²) in [5.74, 6) is -6.93. The van der Waals surface area contributed by atoms with Crippen molar-refractivity contribution in [2.45, 2.75) is 45.4 Å². The van der Waals surface area contributed by atoms with E-state index in [1.807, 2.05) is 13.8 Å². The Kier molecular flexibility index (Phi) is 9.94. The van der Waals surface area contributed by atoms with Gasteiger partial charge in [-0.25, -0.2) is 0 Å². The standard InChI is InChI=1S/C40H38O10/c1-20(2)4-8-27-33(45)12-10-29(38(27)48)40(50)36-30(23-16-25(42)18-26(43)17-23)14-21(3)15-31(36)37-34(46)13-9-28(39(37)49)32(44)11-6-22-5-7-24(41)19-35(22)47/h4-7,9-13,15-19,30-31,36,41-43,45-49H,8,14H2,1-3H3/b11-6+/t30-,31+,36-/m0/s1. The Hall–Kier alpha value is -6.16. The van der Waals surface area contributed by atoms with E-state index in [4.69, 9.17) is 0 Å². The second-order valence-electron chi connectivity index (χ2n) is 12.8. The van der Waals surface area contributed by atoms with Gasteiger partial charge in [-0.3, -0.25) is 9.59 Å². The van der Waals surface area contributed by atoms with E-state index in [2.05, 4.69) is 0 Å². The van der Waals surface area contributed by atoms with Crippen molar-refractivity contribution in [2.24, 2.45) is 5.92 Å². The van der Waals surface area contributed by atoms with E-state index in [0.717, 1.165) is 29.4 Å². The molecule has 0 radical (unpaired) electrons. The van der Waals surface area contributed by atoms with Crippen LogP contribution in [0.5, 0.6) is 46.0 Å². The van der Waals surface area contributed by atoms with Gasteiger partial charge in [0.05, 0.1) is 11.1 Å². The van der Waals surface area contributed by atoms with Crippen LogP contribution in [-0.4, -0.2) is 52.4 Å². The molecule has 0 aromatic heterocycles. The highest BCUT2D eigenvalue weighted by atomic mass is 16.3. The van der Waals surface area contributed by atoms with E-state index in [0.29, 0.717) is 5.56 Å². The Morgan fingerprint density at radius 3 is 2.06 bits per heavy atom. The summed E-state index contributed by atoms with van der Waals surface area (Å²) in [5, 5.41) is 85.3. The van der Waals surface area contributed by atoms with Crippen molar-refractivity contribution in [1.29, 1.82) is 0 Å². The van der Waals surface area contributed by atoms with Crippen molar-refractivity contribution in [3.8, 4) is 46.0 Å². The van der Waals surface area contributed by atoms with Crippen LogP contribution in [0, 0.1) is 5.92 Å². The Labute approximate surface area is 288 Å². The molecule has 0 bridgehead atoms. The maximum absolute atomic E-state index is 14.7. The number of hydrogen-bond donors (Lipinski definition) is 8. The van der Waals surface area contributed by atoms with Crippen LogP contribution in [0.1, 0.15) is 82.0 Å². The molecule has 50 heavy (non-hydrogen) atoms. The van der Waals surface area contributed by atoms with E-state index in [1.54, 1.807) is 19.1 Å². The minimum absolute atomic E-state index is 0.125. The first kappa shape index (κ1) is 35.2. The van der Waals surface area contributed by atoms with Crippen molar-refractivity contribution in [2.75, 3.05) is 0 Å². The number of rotatable bonds is 9. The molecule has 0 saturated carbocycles.